The van der Waals surface area contributed by atoms with Crippen LogP contribution in [0.2, 0.25) is 0 Å². The van der Waals surface area contributed by atoms with Gasteiger partial charge >= 0.3 is 5.97 Å². The Morgan fingerprint density at radius 2 is 1.97 bits per heavy atom. The van der Waals surface area contributed by atoms with Gasteiger partial charge in [-0.15, -0.1) is 0 Å². The van der Waals surface area contributed by atoms with Gasteiger partial charge in [-0.05, 0) is 67.9 Å². The molecular formula is C25H31NO3. The van der Waals surface area contributed by atoms with Gasteiger partial charge in [0.2, 0.25) is 0 Å². The molecule has 1 aliphatic rings. The highest BCUT2D eigenvalue weighted by atomic mass is 16.5. The van der Waals surface area contributed by atoms with Gasteiger partial charge in [0.1, 0.15) is 5.75 Å². The lowest BCUT2D eigenvalue weighted by atomic mass is 9.92. The van der Waals surface area contributed by atoms with E-state index in [2.05, 4.69) is 59.9 Å². The Labute approximate surface area is 173 Å². The molecule has 0 spiro atoms. The number of carboxylic acids is 1. The number of carbonyl (C=O) groups is 1. The lowest BCUT2D eigenvalue weighted by Crippen LogP contribution is -2.30. The van der Waals surface area contributed by atoms with E-state index in [9.17, 15) is 4.79 Å². The lowest BCUT2D eigenvalue weighted by Gasteiger charge is -2.19. The average molecular weight is 394 g/mol. The van der Waals surface area contributed by atoms with Gasteiger partial charge in [0, 0.05) is 12.6 Å². The molecule has 0 amide bonds. The van der Waals surface area contributed by atoms with E-state index in [4.69, 9.17) is 9.84 Å². The second-order valence-electron chi connectivity index (χ2n) is 7.83. The molecule has 4 heteroatoms. The molecule has 3 rings (SSSR count). The first-order chi connectivity index (χ1) is 14.1. The maximum absolute atomic E-state index is 10.8. The Hall–Kier alpha value is -2.59. The zero-order chi connectivity index (χ0) is 20.5. The fourth-order valence-corrected chi connectivity index (χ4v) is 3.66. The van der Waals surface area contributed by atoms with Crippen LogP contribution in [0.1, 0.15) is 49.3 Å². The standard InChI is InChI=1S/C25H31NO3/c1-19(15-25(27)28)26-18-21-10-11-23-17-24(13-12-22(23)16-21)29-14-6-5-9-20-7-3-2-4-8-20/h2-4,7-8,12-13,16-17,19,26H,5-6,9-11,14-15,18H2,1H3,(H,27,28). The van der Waals surface area contributed by atoms with Gasteiger partial charge in [-0.3, -0.25) is 4.79 Å². The maximum atomic E-state index is 10.8. The number of benzene rings is 2. The van der Waals surface area contributed by atoms with Crippen molar-refractivity contribution < 1.29 is 14.6 Å². The summed E-state index contributed by atoms with van der Waals surface area (Å²) in [6, 6.07) is 16.9. The minimum absolute atomic E-state index is 0.0209. The third-order valence-electron chi connectivity index (χ3n) is 5.32. The van der Waals surface area contributed by atoms with Crippen LogP contribution in [-0.2, 0) is 17.6 Å². The van der Waals surface area contributed by atoms with E-state index in [1.807, 2.05) is 6.92 Å². The van der Waals surface area contributed by atoms with Gasteiger partial charge in [-0.25, -0.2) is 0 Å². The molecule has 29 heavy (non-hydrogen) atoms. The molecule has 4 nitrogen and oxygen atoms in total. The molecule has 1 atom stereocenters. The highest BCUT2D eigenvalue weighted by Crippen LogP contribution is 2.27. The molecule has 154 valence electrons. The zero-order valence-electron chi connectivity index (χ0n) is 17.2. The van der Waals surface area contributed by atoms with Crippen LogP contribution < -0.4 is 10.1 Å². The Bertz CT molecular complexity index is 829. The molecule has 2 aromatic carbocycles. The molecule has 0 fully saturated rings. The van der Waals surface area contributed by atoms with E-state index in [1.165, 1.54) is 22.3 Å². The first-order valence-electron chi connectivity index (χ1n) is 10.5. The zero-order valence-corrected chi connectivity index (χ0v) is 17.2. The fraction of sp³-hybridized carbons (Fsp3) is 0.400. The number of carboxylic acid groups (broad SMARTS) is 1. The predicted molar refractivity (Wildman–Crippen MR) is 117 cm³/mol. The summed E-state index contributed by atoms with van der Waals surface area (Å²) in [5, 5.41) is 12.2. The minimum atomic E-state index is -0.763. The van der Waals surface area contributed by atoms with Crippen molar-refractivity contribution in [3.63, 3.8) is 0 Å². The predicted octanol–water partition coefficient (Wildman–Crippen LogP) is 4.87. The first-order valence-corrected chi connectivity index (χ1v) is 10.5. The molecule has 2 aromatic rings. The van der Waals surface area contributed by atoms with Crippen LogP contribution in [0.3, 0.4) is 0 Å². The number of hydrogen-bond acceptors (Lipinski definition) is 3. The summed E-state index contributed by atoms with van der Waals surface area (Å²) in [6.45, 7) is 3.40. The number of aryl methyl sites for hydroxylation is 2. The van der Waals surface area contributed by atoms with E-state index in [1.54, 1.807) is 0 Å². The van der Waals surface area contributed by atoms with Crippen molar-refractivity contribution in [1.82, 2.24) is 5.32 Å². The molecule has 1 unspecified atom stereocenters. The summed E-state index contributed by atoms with van der Waals surface area (Å²) in [5.41, 5.74) is 5.28. The van der Waals surface area contributed by atoms with Crippen LogP contribution in [0.25, 0.3) is 6.08 Å². The maximum Gasteiger partial charge on any atom is 0.304 e. The van der Waals surface area contributed by atoms with Crippen molar-refractivity contribution in [1.29, 1.82) is 0 Å². The second-order valence-corrected chi connectivity index (χ2v) is 7.83. The monoisotopic (exact) mass is 393 g/mol. The van der Waals surface area contributed by atoms with Gasteiger partial charge in [-0.1, -0.05) is 48.0 Å². The average Bonchev–Trinajstić information content (AvgIpc) is 2.72. The molecule has 2 N–H and O–H groups in total. The topological polar surface area (TPSA) is 58.6 Å². The minimum Gasteiger partial charge on any atom is -0.494 e. The number of nitrogens with one attached hydrogen (secondary N) is 1. The normalized spacial score (nSPS) is 14.0. The SMILES string of the molecule is CC(CC(=O)O)NCC1=Cc2ccc(OCCCCc3ccccc3)cc2CC1. The molecular weight excluding hydrogens is 362 g/mol. The molecule has 1 aliphatic carbocycles. The highest BCUT2D eigenvalue weighted by molar-refractivity contribution is 5.67. The number of hydrogen-bond donors (Lipinski definition) is 2. The number of fused-ring (bicyclic) bond motifs is 1. The van der Waals surface area contributed by atoms with Crippen molar-refractivity contribution in [2.24, 2.45) is 0 Å². The number of rotatable bonds is 11. The Kier molecular flexibility index (Phi) is 7.88. The largest absolute Gasteiger partial charge is 0.494 e. The van der Waals surface area contributed by atoms with Gasteiger partial charge in [-0.2, -0.15) is 0 Å². The fourth-order valence-electron chi connectivity index (χ4n) is 3.66. The van der Waals surface area contributed by atoms with E-state index in [0.29, 0.717) is 0 Å². The Morgan fingerprint density at radius 3 is 2.76 bits per heavy atom. The molecule has 0 bridgehead atoms. The Balaban J connectivity index is 1.43. The second kappa shape index (κ2) is 10.8. The van der Waals surface area contributed by atoms with Crippen molar-refractivity contribution >= 4 is 12.0 Å². The van der Waals surface area contributed by atoms with Crippen molar-refractivity contribution in [2.45, 2.75) is 51.5 Å². The van der Waals surface area contributed by atoms with E-state index in [-0.39, 0.29) is 12.5 Å². The number of unbranched alkanes of at least 4 members (excludes halogenated alkanes) is 1. The van der Waals surface area contributed by atoms with Gasteiger partial charge in [0.15, 0.2) is 0 Å². The van der Waals surface area contributed by atoms with E-state index >= 15 is 0 Å². The molecule has 0 radical (unpaired) electrons. The van der Waals surface area contributed by atoms with Crippen LogP contribution >= 0.6 is 0 Å². The summed E-state index contributed by atoms with van der Waals surface area (Å²) in [5.74, 6) is 0.189. The quantitative estimate of drug-likeness (QED) is 0.535. The molecule has 0 aromatic heterocycles. The molecule has 0 heterocycles. The summed E-state index contributed by atoms with van der Waals surface area (Å²) < 4.78 is 5.96. The number of ether oxygens (including phenoxy) is 1. The summed E-state index contributed by atoms with van der Waals surface area (Å²) in [7, 11) is 0. The summed E-state index contributed by atoms with van der Waals surface area (Å²) >= 11 is 0. The van der Waals surface area contributed by atoms with Gasteiger partial charge < -0.3 is 15.2 Å². The molecule has 0 aliphatic heterocycles. The third kappa shape index (κ3) is 7.06. The van der Waals surface area contributed by atoms with Crippen LogP contribution in [0.5, 0.6) is 5.75 Å². The third-order valence-corrected chi connectivity index (χ3v) is 5.32. The molecule has 0 saturated carbocycles. The van der Waals surface area contributed by atoms with Crippen LogP contribution in [-0.4, -0.2) is 30.3 Å². The summed E-state index contributed by atoms with van der Waals surface area (Å²) in [6.07, 6.45) is 7.66. The highest BCUT2D eigenvalue weighted by Gasteiger charge is 2.13. The smallest absolute Gasteiger partial charge is 0.304 e. The van der Waals surface area contributed by atoms with Crippen LogP contribution in [0, 0.1) is 0 Å². The number of aliphatic carboxylic acids is 1. The van der Waals surface area contributed by atoms with Crippen LogP contribution in [0.15, 0.2) is 54.1 Å². The first kappa shape index (κ1) is 21.1. The van der Waals surface area contributed by atoms with Crippen LogP contribution in [0.4, 0.5) is 0 Å². The van der Waals surface area contributed by atoms with Crippen molar-refractivity contribution in [3.05, 3.63) is 70.8 Å². The van der Waals surface area contributed by atoms with E-state index in [0.717, 1.165) is 51.0 Å². The van der Waals surface area contributed by atoms with Gasteiger partial charge in [0.05, 0.1) is 13.0 Å². The Morgan fingerprint density at radius 1 is 1.14 bits per heavy atom. The van der Waals surface area contributed by atoms with E-state index < -0.39 is 5.97 Å². The lowest BCUT2D eigenvalue weighted by molar-refractivity contribution is -0.137. The van der Waals surface area contributed by atoms with Crippen molar-refractivity contribution in [3.8, 4) is 5.75 Å². The summed E-state index contributed by atoms with van der Waals surface area (Å²) in [4.78, 5) is 10.8. The van der Waals surface area contributed by atoms with Crippen molar-refractivity contribution in [2.75, 3.05) is 13.2 Å². The van der Waals surface area contributed by atoms with Gasteiger partial charge in [0.25, 0.3) is 0 Å². The molecule has 0 saturated heterocycles.